The highest BCUT2D eigenvalue weighted by Crippen LogP contribution is 2.33. The lowest BCUT2D eigenvalue weighted by Crippen LogP contribution is -2.41. The van der Waals surface area contributed by atoms with Crippen molar-refractivity contribution >= 4 is 22.1 Å². The molecule has 7 nitrogen and oxygen atoms in total. The van der Waals surface area contributed by atoms with Crippen LogP contribution in [0.25, 0.3) is 4.83 Å². The number of thiazole rings is 1. The molecule has 25 heavy (non-hydrogen) atoms. The molecule has 0 unspecified atom stereocenters. The van der Waals surface area contributed by atoms with E-state index in [0.717, 1.165) is 31.8 Å². The molecule has 0 N–H and O–H groups in total. The molecule has 3 aromatic rings. The number of hydrogen-bond donors (Lipinski definition) is 0. The van der Waals surface area contributed by atoms with Crippen LogP contribution in [-0.2, 0) is 11.3 Å². The second-order valence-corrected chi connectivity index (χ2v) is 7.64. The van der Waals surface area contributed by atoms with Gasteiger partial charge in [-0.3, -0.25) is 13.9 Å². The average Bonchev–Trinajstić information content (AvgIpc) is 3.34. The van der Waals surface area contributed by atoms with E-state index in [1.807, 2.05) is 18.7 Å². The zero-order valence-corrected chi connectivity index (χ0v) is 15.3. The predicted octanol–water partition coefficient (Wildman–Crippen LogP) is 2.34. The number of fused-ring (bicyclic) bond motifs is 1. The van der Waals surface area contributed by atoms with Gasteiger partial charge in [0.05, 0.1) is 18.2 Å². The third-order valence-electron chi connectivity index (χ3n) is 5.00. The lowest BCUT2D eigenvalue weighted by Gasteiger charge is -2.33. The van der Waals surface area contributed by atoms with Gasteiger partial charge in [-0.25, -0.2) is 9.97 Å². The number of carbonyl (C=O) groups excluding carboxylic acids is 1. The van der Waals surface area contributed by atoms with Crippen LogP contribution in [0.1, 0.15) is 37.2 Å². The number of nitrogens with zero attached hydrogens (tertiary/aromatic N) is 6. The molecule has 132 valence electrons. The zero-order chi connectivity index (χ0) is 17.4. The first-order chi connectivity index (χ1) is 12.1. The topological polar surface area (TPSA) is 68.3 Å². The minimum absolute atomic E-state index is 0.0860. The van der Waals surface area contributed by atoms with Gasteiger partial charge in [0.2, 0.25) is 5.91 Å². The van der Waals surface area contributed by atoms with Crippen LogP contribution in [0.3, 0.4) is 0 Å². The molecular weight excluding hydrogens is 336 g/mol. The van der Waals surface area contributed by atoms with Gasteiger partial charge in [0.1, 0.15) is 23.3 Å². The Kier molecular flexibility index (Phi) is 4.29. The standard InChI is InChI=1S/C17H22N6OS/c1-12(9-22-11-18-10-19-22)16(24)21-5-3-14(4-6-21)15-17-23(7-8-25-17)13(2)20-15/h7-8,10-12,14H,3-6,9H2,1-2H3/t12-/m1/s1. The van der Waals surface area contributed by atoms with Gasteiger partial charge in [-0.05, 0) is 19.8 Å². The molecule has 0 aliphatic carbocycles. The van der Waals surface area contributed by atoms with Gasteiger partial charge in [-0.15, -0.1) is 11.3 Å². The fourth-order valence-electron chi connectivity index (χ4n) is 3.63. The first-order valence-electron chi connectivity index (χ1n) is 8.66. The second-order valence-electron chi connectivity index (χ2n) is 6.74. The van der Waals surface area contributed by atoms with Crippen molar-refractivity contribution in [3.05, 3.63) is 35.7 Å². The number of amides is 1. The van der Waals surface area contributed by atoms with Crippen molar-refractivity contribution < 1.29 is 4.79 Å². The maximum absolute atomic E-state index is 12.7. The summed E-state index contributed by atoms with van der Waals surface area (Å²) in [5.74, 6) is 1.61. The van der Waals surface area contributed by atoms with E-state index in [2.05, 4.69) is 26.1 Å². The smallest absolute Gasteiger partial charge is 0.227 e. The average molecular weight is 358 g/mol. The first-order valence-corrected chi connectivity index (χ1v) is 9.54. The highest BCUT2D eigenvalue weighted by Gasteiger charge is 2.29. The van der Waals surface area contributed by atoms with Crippen molar-refractivity contribution in [3.8, 4) is 0 Å². The molecule has 1 atom stereocenters. The molecule has 3 aromatic heterocycles. The number of piperidine rings is 1. The van der Waals surface area contributed by atoms with Crippen LogP contribution in [0.4, 0.5) is 0 Å². The number of aromatic nitrogens is 5. The highest BCUT2D eigenvalue weighted by atomic mass is 32.1. The number of imidazole rings is 1. The second kappa shape index (κ2) is 6.59. The SMILES string of the molecule is Cc1nc(C2CCN(C(=O)[C@H](C)Cn3cncn3)CC2)c2sccn12. The summed E-state index contributed by atoms with van der Waals surface area (Å²) in [5.41, 5.74) is 1.20. The van der Waals surface area contributed by atoms with E-state index in [9.17, 15) is 4.79 Å². The molecule has 1 aliphatic heterocycles. The molecule has 1 fully saturated rings. The number of rotatable bonds is 4. The molecule has 1 saturated heterocycles. The third kappa shape index (κ3) is 3.06. The molecule has 0 radical (unpaired) electrons. The monoisotopic (exact) mass is 358 g/mol. The van der Waals surface area contributed by atoms with Crippen LogP contribution in [0, 0.1) is 12.8 Å². The van der Waals surface area contributed by atoms with Gasteiger partial charge in [0.15, 0.2) is 0 Å². The maximum atomic E-state index is 12.7. The molecule has 8 heteroatoms. The van der Waals surface area contributed by atoms with E-state index in [1.165, 1.54) is 16.9 Å². The van der Waals surface area contributed by atoms with E-state index in [1.54, 1.807) is 22.3 Å². The van der Waals surface area contributed by atoms with E-state index < -0.39 is 0 Å². The Morgan fingerprint density at radius 2 is 2.20 bits per heavy atom. The molecule has 0 spiro atoms. The molecule has 1 aliphatic rings. The summed E-state index contributed by atoms with van der Waals surface area (Å²) in [6.07, 6.45) is 7.19. The largest absolute Gasteiger partial charge is 0.342 e. The van der Waals surface area contributed by atoms with Crippen molar-refractivity contribution in [1.82, 2.24) is 29.0 Å². The van der Waals surface area contributed by atoms with Gasteiger partial charge < -0.3 is 4.90 Å². The quantitative estimate of drug-likeness (QED) is 0.718. The Labute approximate surface area is 150 Å². The number of aryl methyl sites for hydroxylation is 1. The molecule has 1 amide bonds. The van der Waals surface area contributed by atoms with Crippen LogP contribution in [0.15, 0.2) is 24.2 Å². The minimum atomic E-state index is -0.0860. The Balaban J connectivity index is 1.39. The normalized spacial score (nSPS) is 17.3. The third-order valence-corrected chi connectivity index (χ3v) is 5.89. The van der Waals surface area contributed by atoms with Gasteiger partial charge in [0, 0.05) is 30.6 Å². The lowest BCUT2D eigenvalue weighted by atomic mass is 9.93. The van der Waals surface area contributed by atoms with Crippen molar-refractivity contribution in [2.45, 2.75) is 39.2 Å². The van der Waals surface area contributed by atoms with Crippen LogP contribution in [0.2, 0.25) is 0 Å². The van der Waals surface area contributed by atoms with Gasteiger partial charge >= 0.3 is 0 Å². The summed E-state index contributed by atoms with van der Waals surface area (Å²) in [6.45, 7) is 6.19. The number of likely N-dealkylation sites (tertiary alicyclic amines) is 1. The lowest BCUT2D eigenvalue weighted by molar-refractivity contribution is -0.136. The number of carbonyl (C=O) groups is 1. The van der Waals surface area contributed by atoms with Crippen LogP contribution in [-0.4, -0.2) is 48.0 Å². The Hall–Kier alpha value is -2.22. The summed E-state index contributed by atoms with van der Waals surface area (Å²) in [6, 6.07) is 0. The van der Waals surface area contributed by atoms with Crippen molar-refractivity contribution in [1.29, 1.82) is 0 Å². The van der Waals surface area contributed by atoms with Crippen molar-refractivity contribution in [3.63, 3.8) is 0 Å². The molecule has 4 rings (SSSR count). The molecule has 0 aromatic carbocycles. The molecular formula is C17H22N6OS. The summed E-state index contributed by atoms with van der Waals surface area (Å²) in [5, 5.41) is 6.20. The van der Waals surface area contributed by atoms with Gasteiger partial charge in [-0.2, -0.15) is 5.10 Å². The van der Waals surface area contributed by atoms with Crippen molar-refractivity contribution in [2.24, 2.45) is 5.92 Å². The molecule has 0 saturated carbocycles. The highest BCUT2D eigenvalue weighted by molar-refractivity contribution is 7.15. The summed E-state index contributed by atoms with van der Waals surface area (Å²) in [7, 11) is 0. The van der Waals surface area contributed by atoms with Gasteiger partial charge in [-0.1, -0.05) is 6.92 Å². The predicted molar refractivity (Wildman–Crippen MR) is 95.5 cm³/mol. The Bertz CT molecular complexity index is 859. The van der Waals surface area contributed by atoms with Crippen LogP contribution in [0.5, 0.6) is 0 Å². The maximum Gasteiger partial charge on any atom is 0.227 e. The molecule has 0 bridgehead atoms. The Morgan fingerprint density at radius 1 is 1.40 bits per heavy atom. The van der Waals surface area contributed by atoms with Crippen LogP contribution < -0.4 is 0 Å². The fraction of sp³-hybridized carbons (Fsp3) is 0.529. The van der Waals surface area contributed by atoms with Gasteiger partial charge in [0.25, 0.3) is 0 Å². The van der Waals surface area contributed by atoms with E-state index in [0.29, 0.717) is 12.5 Å². The van der Waals surface area contributed by atoms with Crippen LogP contribution >= 0.6 is 11.3 Å². The number of hydrogen-bond acceptors (Lipinski definition) is 5. The first kappa shape index (κ1) is 16.3. The summed E-state index contributed by atoms with van der Waals surface area (Å²) < 4.78 is 3.88. The van der Waals surface area contributed by atoms with E-state index >= 15 is 0 Å². The minimum Gasteiger partial charge on any atom is -0.342 e. The zero-order valence-electron chi connectivity index (χ0n) is 14.5. The summed E-state index contributed by atoms with van der Waals surface area (Å²) >= 11 is 1.75. The Morgan fingerprint density at radius 3 is 2.92 bits per heavy atom. The fourth-order valence-corrected chi connectivity index (χ4v) is 4.58. The molecule has 4 heterocycles. The van der Waals surface area contributed by atoms with E-state index in [4.69, 9.17) is 4.98 Å². The van der Waals surface area contributed by atoms with Crippen molar-refractivity contribution in [2.75, 3.05) is 13.1 Å². The summed E-state index contributed by atoms with van der Waals surface area (Å²) in [4.78, 5) is 24.6. The van der Waals surface area contributed by atoms with E-state index in [-0.39, 0.29) is 11.8 Å².